The summed E-state index contributed by atoms with van der Waals surface area (Å²) in [5.74, 6) is 0.412. The average molecular weight is 272 g/mol. The molecule has 0 spiro atoms. The molecule has 7 heteroatoms. The molecule has 0 aromatic carbocycles. The summed E-state index contributed by atoms with van der Waals surface area (Å²) in [6.45, 7) is 3.25. The number of aromatic amines is 1. The molecule has 0 unspecified atom stereocenters. The second-order valence-electron chi connectivity index (χ2n) is 4.80. The molecule has 2 rings (SSSR count). The number of aromatic nitrogens is 2. The summed E-state index contributed by atoms with van der Waals surface area (Å²) in [6, 6.07) is 2.02. The maximum atomic E-state index is 12.5. The van der Waals surface area contributed by atoms with Crippen LogP contribution in [0.25, 0.3) is 0 Å². The molecule has 0 radical (unpaired) electrons. The minimum absolute atomic E-state index is 0.0123. The number of H-pyrrole nitrogens is 1. The molecule has 0 amide bonds. The quantitative estimate of drug-likeness (QED) is 0.900. The fraction of sp³-hybridized carbons (Fsp3) is 0.667. The summed E-state index contributed by atoms with van der Waals surface area (Å²) < 4.78 is 37.4. The van der Waals surface area contributed by atoms with Crippen LogP contribution in [0.4, 0.5) is 13.2 Å². The van der Waals surface area contributed by atoms with Gasteiger partial charge in [0.15, 0.2) is 0 Å². The van der Waals surface area contributed by atoms with E-state index in [0.717, 1.165) is 19.0 Å². The lowest BCUT2D eigenvalue weighted by Crippen LogP contribution is -2.38. The minimum Gasteiger partial charge on any atom is -0.338 e. The Morgan fingerprint density at radius 1 is 1.47 bits per heavy atom. The SMILES string of the molecule is C[C@@H](C#N)N1CCC(c2ncc(C(F)(F)F)[nH]2)CC1. The molecule has 0 aliphatic carbocycles. The van der Waals surface area contributed by atoms with Crippen molar-refractivity contribution >= 4 is 0 Å². The topological polar surface area (TPSA) is 55.7 Å². The lowest BCUT2D eigenvalue weighted by molar-refractivity contribution is -0.141. The first-order chi connectivity index (χ1) is 8.91. The van der Waals surface area contributed by atoms with Crippen LogP contribution >= 0.6 is 0 Å². The van der Waals surface area contributed by atoms with Gasteiger partial charge in [0.2, 0.25) is 0 Å². The lowest BCUT2D eigenvalue weighted by atomic mass is 9.95. The van der Waals surface area contributed by atoms with Crippen LogP contribution in [0.1, 0.15) is 37.2 Å². The first-order valence-electron chi connectivity index (χ1n) is 6.17. The second-order valence-corrected chi connectivity index (χ2v) is 4.80. The molecular weight excluding hydrogens is 257 g/mol. The van der Waals surface area contributed by atoms with Crippen molar-refractivity contribution in [1.82, 2.24) is 14.9 Å². The van der Waals surface area contributed by atoms with Gasteiger partial charge in [-0.3, -0.25) is 4.90 Å². The molecule has 1 N–H and O–H groups in total. The van der Waals surface area contributed by atoms with E-state index in [1.165, 1.54) is 0 Å². The van der Waals surface area contributed by atoms with Crippen LogP contribution in [-0.4, -0.2) is 34.0 Å². The summed E-state index contributed by atoms with van der Waals surface area (Å²) in [7, 11) is 0. The van der Waals surface area contributed by atoms with Crippen molar-refractivity contribution in [2.45, 2.75) is 37.9 Å². The van der Waals surface area contributed by atoms with Crippen LogP contribution in [0.5, 0.6) is 0 Å². The van der Waals surface area contributed by atoms with E-state index in [-0.39, 0.29) is 12.0 Å². The average Bonchev–Trinajstić information content (AvgIpc) is 2.87. The number of nitrogens with zero attached hydrogens (tertiary/aromatic N) is 3. The Morgan fingerprint density at radius 3 is 2.58 bits per heavy atom. The highest BCUT2D eigenvalue weighted by atomic mass is 19.4. The summed E-state index contributed by atoms with van der Waals surface area (Å²) in [4.78, 5) is 8.23. The monoisotopic (exact) mass is 272 g/mol. The van der Waals surface area contributed by atoms with Crippen LogP contribution in [0.2, 0.25) is 0 Å². The van der Waals surface area contributed by atoms with Gasteiger partial charge in [0.25, 0.3) is 0 Å². The van der Waals surface area contributed by atoms with Crippen molar-refractivity contribution in [3.8, 4) is 6.07 Å². The number of nitriles is 1. The Hall–Kier alpha value is -1.55. The van der Waals surface area contributed by atoms with Crippen molar-refractivity contribution < 1.29 is 13.2 Å². The molecule has 1 aliphatic heterocycles. The van der Waals surface area contributed by atoms with E-state index >= 15 is 0 Å². The fourth-order valence-electron chi connectivity index (χ4n) is 2.33. The number of likely N-dealkylation sites (tertiary alicyclic amines) is 1. The standard InChI is InChI=1S/C12H15F3N4/c1-8(6-16)19-4-2-9(3-5-19)11-17-7-10(18-11)12(13,14)15/h7-9H,2-5H2,1H3,(H,17,18)/t8-/m0/s1. The van der Waals surface area contributed by atoms with Gasteiger partial charge in [-0.25, -0.2) is 4.98 Å². The van der Waals surface area contributed by atoms with E-state index in [9.17, 15) is 13.2 Å². The van der Waals surface area contributed by atoms with Crippen molar-refractivity contribution in [1.29, 1.82) is 5.26 Å². The number of nitrogens with one attached hydrogen (secondary N) is 1. The normalized spacial score (nSPS) is 20.2. The first kappa shape index (κ1) is 13.9. The predicted octanol–water partition coefficient (Wildman–Crippen LogP) is 2.52. The Bertz CT molecular complexity index is 466. The highest BCUT2D eigenvalue weighted by Gasteiger charge is 2.34. The summed E-state index contributed by atoms with van der Waals surface area (Å²) in [5, 5.41) is 8.83. The number of alkyl halides is 3. The third kappa shape index (κ3) is 3.07. The van der Waals surface area contributed by atoms with E-state index in [0.29, 0.717) is 18.9 Å². The van der Waals surface area contributed by atoms with E-state index in [2.05, 4.69) is 16.0 Å². The molecule has 104 valence electrons. The molecule has 19 heavy (non-hydrogen) atoms. The van der Waals surface area contributed by atoms with Gasteiger partial charge in [0, 0.05) is 19.0 Å². The van der Waals surface area contributed by atoms with E-state index < -0.39 is 11.9 Å². The van der Waals surface area contributed by atoms with E-state index in [1.54, 1.807) is 0 Å². The zero-order valence-corrected chi connectivity index (χ0v) is 10.5. The van der Waals surface area contributed by atoms with Crippen LogP contribution in [0.3, 0.4) is 0 Å². The summed E-state index contributed by atoms with van der Waals surface area (Å²) in [6.07, 6.45) is -2.09. The molecule has 1 aliphatic rings. The van der Waals surface area contributed by atoms with Gasteiger partial charge in [-0.15, -0.1) is 0 Å². The molecule has 1 fully saturated rings. The summed E-state index contributed by atoms with van der Waals surface area (Å²) >= 11 is 0. The Labute approximate surface area is 109 Å². The third-order valence-electron chi connectivity index (χ3n) is 3.55. The molecular formula is C12H15F3N4. The first-order valence-corrected chi connectivity index (χ1v) is 6.17. The van der Waals surface area contributed by atoms with E-state index in [4.69, 9.17) is 5.26 Å². The maximum Gasteiger partial charge on any atom is 0.432 e. The van der Waals surface area contributed by atoms with Gasteiger partial charge in [-0.2, -0.15) is 18.4 Å². The van der Waals surface area contributed by atoms with Crippen molar-refractivity contribution in [2.24, 2.45) is 0 Å². The van der Waals surface area contributed by atoms with Crippen LogP contribution in [-0.2, 0) is 6.18 Å². The Morgan fingerprint density at radius 2 is 2.11 bits per heavy atom. The number of hydrogen-bond acceptors (Lipinski definition) is 3. The van der Waals surface area contributed by atoms with Gasteiger partial charge in [-0.05, 0) is 19.8 Å². The van der Waals surface area contributed by atoms with Crippen molar-refractivity contribution in [3.63, 3.8) is 0 Å². The zero-order valence-electron chi connectivity index (χ0n) is 10.5. The van der Waals surface area contributed by atoms with Gasteiger partial charge in [0.05, 0.1) is 18.3 Å². The second kappa shape index (κ2) is 5.21. The zero-order chi connectivity index (χ0) is 14.0. The smallest absolute Gasteiger partial charge is 0.338 e. The van der Waals surface area contributed by atoms with Crippen LogP contribution in [0, 0.1) is 11.3 Å². The predicted molar refractivity (Wildman–Crippen MR) is 62.2 cm³/mol. The highest BCUT2D eigenvalue weighted by molar-refractivity contribution is 5.09. The lowest BCUT2D eigenvalue weighted by Gasteiger charge is -2.32. The molecule has 1 atom stereocenters. The number of imidazole rings is 1. The van der Waals surface area contributed by atoms with Crippen molar-refractivity contribution in [2.75, 3.05) is 13.1 Å². The van der Waals surface area contributed by atoms with Crippen LogP contribution < -0.4 is 0 Å². The van der Waals surface area contributed by atoms with E-state index in [1.807, 2.05) is 11.8 Å². The van der Waals surface area contributed by atoms with Gasteiger partial charge >= 0.3 is 6.18 Å². The maximum absolute atomic E-state index is 12.5. The number of halogens is 3. The molecule has 0 saturated carbocycles. The van der Waals surface area contributed by atoms with Crippen LogP contribution in [0.15, 0.2) is 6.20 Å². The highest BCUT2D eigenvalue weighted by Crippen LogP contribution is 2.31. The third-order valence-corrected chi connectivity index (χ3v) is 3.55. The molecule has 1 aromatic rings. The molecule has 0 bridgehead atoms. The molecule has 2 heterocycles. The van der Waals surface area contributed by atoms with Crippen molar-refractivity contribution in [3.05, 3.63) is 17.7 Å². The number of piperidine rings is 1. The minimum atomic E-state index is -4.37. The molecule has 1 saturated heterocycles. The number of rotatable bonds is 2. The largest absolute Gasteiger partial charge is 0.432 e. The fourth-order valence-corrected chi connectivity index (χ4v) is 2.33. The van der Waals surface area contributed by atoms with Gasteiger partial charge in [-0.1, -0.05) is 0 Å². The van der Waals surface area contributed by atoms with Gasteiger partial charge in [0.1, 0.15) is 11.5 Å². The Balaban J connectivity index is 1.99. The Kier molecular flexibility index (Phi) is 3.80. The summed E-state index contributed by atoms with van der Waals surface area (Å²) in [5.41, 5.74) is -0.796. The molecule has 4 nitrogen and oxygen atoms in total. The van der Waals surface area contributed by atoms with Gasteiger partial charge < -0.3 is 4.98 Å². The number of hydrogen-bond donors (Lipinski definition) is 1. The molecule has 1 aromatic heterocycles.